The van der Waals surface area contributed by atoms with Gasteiger partial charge in [-0.15, -0.1) is 0 Å². The van der Waals surface area contributed by atoms with E-state index in [0.29, 0.717) is 11.1 Å². The Hall–Kier alpha value is -3.33. The second-order valence-electron chi connectivity index (χ2n) is 6.94. The first-order chi connectivity index (χ1) is 13.4. The molecule has 28 heavy (non-hydrogen) atoms. The topological polar surface area (TPSA) is 57.5 Å². The molecule has 0 radical (unpaired) electrons. The van der Waals surface area contributed by atoms with Crippen LogP contribution in [0.5, 0.6) is 11.5 Å². The van der Waals surface area contributed by atoms with Gasteiger partial charge in [0.05, 0.1) is 0 Å². The van der Waals surface area contributed by atoms with Gasteiger partial charge >= 0.3 is 0 Å². The molecule has 0 saturated heterocycles. The zero-order chi connectivity index (χ0) is 20.3. The molecule has 0 bridgehead atoms. The van der Waals surface area contributed by atoms with Crippen LogP contribution in [-0.2, 0) is 0 Å². The predicted molar refractivity (Wildman–Crippen MR) is 116 cm³/mol. The van der Waals surface area contributed by atoms with Crippen molar-refractivity contribution in [2.24, 2.45) is 0 Å². The minimum atomic E-state index is -0.627. The van der Waals surface area contributed by atoms with Crippen molar-refractivity contribution in [3.63, 3.8) is 0 Å². The van der Waals surface area contributed by atoms with Gasteiger partial charge in [-0.1, -0.05) is 55.5 Å². The van der Waals surface area contributed by atoms with E-state index in [1.165, 1.54) is 23.3 Å². The molecule has 3 nitrogen and oxygen atoms in total. The number of benzene rings is 2. The van der Waals surface area contributed by atoms with Crippen LogP contribution < -0.4 is 5.43 Å². The Morgan fingerprint density at radius 1 is 0.821 bits per heavy atom. The average molecular weight is 372 g/mol. The molecule has 0 aliphatic carbocycles. The normalized spacial score (nSPS) is 11.1. The summed E-state index contributed by atoms with van der Waals surface area (Å²) in [4.78, 5) is 11.8. The molecule has 0 aliphatic heterocycles. The molecule has 2 N–H and O–H groups in total. The summed E-state index contributed by atoms with van der Waals surface area (Å²) in [5, 5.41) is 19.6. The number of aromatic hydroxyl groups is 2. The molecule has 0 aliphatic rings. The highest BCUT2D eigenvalue weighted by Gasteiger charge is 2.09. The predicted octanol–water partition coefficient (Wildman–Crippen LogP) is 5.83. The zero-order valence-corrected chi connectivity index (χ0v) is 16.4. The smallest absolute Gasteiger partial charge is 0.224 e. The molecule has 0 spiro atoms. The fourth-order valence-electron chi connectivity index (χ4n) is 3.19. The second-order valence-corrected chi connectivity index (χ2v) is 6.94. The molecule has 3 aromatic carbocycles. The highest BCUT2D eigenvalue weighted by molar-refractivity contribution is 5.74. The van der Waals surface area contributed by atoms with Crippen molar-refractivity contribution in [1.29, 1.82) is 0 Å². The van der Waals surface area contributed by atoms with E-state index >= 15 is 0 Å². The molecule has 142 valence electrons. The molecule has 3 heteroatoms. The number of hydrogen-bond donors (Lipinski definition) is 2. The summed E-state index contributed by atoms with van der Waals surface area (Å²) < 4.78 is 0. The van der Waals surface area contributed by atoms with Gasteiger partial charge in [-0.3, -0.25) is 4.79 Å². The minimum absolute atomic E-state index is 0.414. The maximum Gasteiger partial charge on any atom is 0.224 e. The number of allylic oxidation sites excluding steroid dienone is 1. The van der Waals surface area contributed by atoms with Crippen LogP contribution in [0.15, 0.2) is 65.5 Å². The Morgan fingerprint density at radius 3 is 2.14 bits per heavy atom. The monoisotopic (exact) mass is 372 g/mol. The highest BCUT2D eigenvalue weighted by atomic mass is 16.3. The minimum Gasteiger partial charge on any atom is -0.504 e. The van der Waals surface area contributed by atoms with Gasteiger partial charge in [-0.05, 0) is 77.4 Å². The van der Waals surface area contributed by atoms with E-state index in [9.17, 15) is 15.0 Å². The summed E-state index contributed by atoms with van der Waals surface area (Å²) in [6, 6.07) is 17.1. The van der Waals surface area contributed by atoms with Crippen LogP contribution in [0.3, 0.4) is 0 Å². The lowest BCUT2D eigenvalue weighted by Crippen LogP contribution is -1.94. The maximum atomic E-state index is 11.8. The molecule has 0 atom stereocenters. The van der Waals surface area contributed by atoms with Gasteiger partial charge in [0, 0.05) is 0 Å². The zero-order valence-electron chi connectivity index (χ0n) is 16.4. The third-order valence-electron chi connectivity index (χ3n) is 4.87. The Bertz CT molecular complexity index is 1090. The first-order valence-electron chi connectivity index (χ1n) is 9.35. The quantitative estimate of drug-likeness (QED) is 0.605. The van der Waals surface area contributed by atoms with Crippen molar-refractivity contribution >= 4 is 6.08 Å². The lowest BCUT2D eigenvalue weighted by atomic mass is 9.96. The molecule has 0 unspecified atom stereocenters. The summed E-state index contributed by atoms with van der Waals surface area (Å²) in [6.45, 7) is 6.01. The van der Waals surface area contributed by atoms with E-state index in [-0.39, 0.29) is 0 Å². The maximum absolute atomic E-state index is 11.8. The van der Waals surface area contributed by atoms with Gasteiger partial charge in [0.2, 0.25) is 11.2 Å². The first kappa shape index (κ1) is 19.4. The second kappa shape index (κ2) is 8.13. The molecule has 0 aromatic heterocycles. The van der Waals surface area contributed by atoms with Crippen LogP contribution in [0.4, 0.5) is 0 Å². The van der Waals surface area contributed by atoms with Gasteiger partial charge in [-0.2, -0.15) is 0 Å². The number of hydrogen-bond acceptors (Lipinski definition) is 3. The largest absolute Gasteiger partial charge is 0.504 e. The molecule has 0 amide bonds. The fraction of sp³-hybridized carbons (Fsp3) is 0.160. The molecule has 0 saturated carbocycles. The van der Waals surface area contributed by atoms with Crippen LogP contribution in [0.2, 0.25) is 0 Å². The first-order valence-corrected chi connectivity index (χ1v) is 9.35. The SMILES string of the molecule is CC/C=C\c1cc(-c2ccc(-c3cc(O)c(O)c(=O)cc3C)cc2)ccc1C. The summed E-state index contributed by atoms with van der Waals surface area (Å²) >= 11 is 0. The van der Waals surface area contributed by atoms with E-state index in [4.69, 9.17) is 0 Å². The van der Waals surface area contributed by atoms with Crippen molar-refractivity contribution in [1.82, 2.24) is 0 Å². The highest BCUT2D eigenvalue weighted by Crippen LogP contribution is 2.31. The van der Waals surface area contributed by atoms with Crippen molar-refractivity contribution in [2.45, 2.75) is 27.2 Å². The molecule has 0 heterocycles. The van der Waals surface area contributed by atoms with Gasteiger partial charge in [0.15, 0.2) is 5.75 Å². The summed E-state index contributed by atoms with van der Waals surface area (Å²) in [7, 11) is 0. The fourth-order valence-corrected chi connectivity index (χ4v) is 3.19. The van der Waals surface area contributed by atoms with Crippen LogP contribution in [0, 0.1) is 13.8 Å². The average Bonchev–Trinajstić information content (AvgIpc) is 2.79. The molecule has 3 rings (SSSR count). The summed E-state index contributed by atoms with van der Waals surface area (Å²) in [5.41, 5.74) is 6.33. The van der Waals surface area contributed by atoms with E-state index < -0.39 is 16.9 Å². The Balaban J connectivity index is 2.02. The van der Waals surface area contributed by atoms with Crippen molar-refractivity contribution < 1.29 is 10.2 Å². The van der Waals surface area contributed by atoms with Crippen LogP contribution in [-0.4, -0.2) is 10.2 Å². The lowest BCUT2D eigenvalue weighted by molar-refractivity contribution is 0.402. The third kappa shape index (κ3) is 3.99. The van der Waals surface area contributed by atoms with Crippen LogP contribution >= 0.6 is 0 Å². The molecular weight excluding hydrogens is 348 g/mol. The standard InChI is InChI=1S/C25H24O3/c1-4-5-6-20-14-21(8-7-16(20)2)18-9-11-19(12-10-18)22-15-24(27)25(28)23(26)13-17(22)3/h5-15H,4H2,1-3H3,(H2,26,27,28)/b6-5-. The molecule has 3 aromatic rings. The van der Waals surface area contributed by atoms with E-state index in [0.717, 1.165) is 23.1 Å². The van der Waals surface area contributed by atoms with E-state index in [1.54, 1.807) is 6.92 Å². The Labute approximate surface area is 165 Å². The van der Waals surface area contributed by atoms with E-state index in [2.05, 4.69) is 44.2 Å². The van der Waals surface area contributed by atoms with Gasteiger partial charge in [0.25, 0.3) is 0 Å². The number of aryl methyl sites for hydroxylation is 2. The molecular formula is C25H24O3. The van der Waals surface area contributed by atoms with Gasteiger partial charge in [0.1, 0.15) is 0 Å². The lowest BCUT2D eigenvalue weighted by Gasteiger charge is -2.08. The van der Waals surface area contributed by atoms with Crippen molar-refractivity contribution in [3.8, 4) is 33.8 Å². The Morgan fingerprint density at radius 2 is 1.46 bits per heavy atom. The van der Waals surface area contributed by atoms with Gasteiger partial charge < -0.3 is 10.2 Å². The number of rotatable bonds is 4. The van der Waals surface area contributed by atoms with E-state index in [1.807, 2.05) is 24.3 Å². The van der Waals surface area contributed by atoms with Crippen LogP contribution in [0.1, 0.15) is 30.0 Å². The van der Waals surface area contributed by atoms with Gasteiger partial charge in [-0.25, -0.2) is 0 Å². The summed E-state index contributed by atoms with van der Waals surface area (Å²) in [5.74, 6) is -1.04. The van der Waals surface area contributed by atoms with Crippen molar-refractivity contribution in [2.75, 3.05) is 0 Å². The molecule has 0 fully saturated rings. The third-order valence-corrected chi connectivity index (χ3v) is 4.87. The van der Waals surface area contributed by atoms with Crippen molar-refractivity contribution in [3.05, 3.63) is 87.6 Å². The Kier molecular flexibility index (Phi) is 5.65. The summed E-state index contributed by atoms with van der Waals surface area (Å²) in [6.07, 6.45) is 5.30. The van der Waals surface area contributed by atoms with Crippen LogP contribution in [0.25, 0.3) is 28.3 Å².